The number of carbonyl (C=O) groups is 1. The summed E-state index contributed by atoms with van der Waals surface area (Å²) in [5, 5.41) is 0. The minimum absolute atomic E-state index is 0. The Morgan fingerprint density at radius 1 is 1.38 bits per heavy atom. The Kier molecular flexibility index (Phi) is 30.8. The lowest BCUT2D eigenvalue weighted by Crippen LogP contribution is -1.82. The fourth-order valence-corrected chi connectivity index (χ4v) is 0. The topological polar surface area (TPSA) is 74.6 Å². The van der Waals surface area contributed by atoms with Crippen LogP contribution in [0, 0.1) is 0 Å². The molecule has 8 heavy (non-hydrogen) atoms. The molecule has 6 heteroatoms. The van der Waals surface area contributed by atoms with Crippen molar-refractivity contribution in [3.63, 3.8) is 0 Å². The van der Waals surface area contributed by atoms with Gasteiger partial charge in [0.2, 0.25) is 6.41 Å². The van der Waals surface area contributed by atoms with E-state index in [1.54, 1.807) is 0 Å². The van der Waals surface area contributed by atoms with Gasteiger partial charge in [0, 0.05) is 0 Å². The van der Waals surface area contributed by atoms with Crippen molar-refractivity contribution < 1.29 is 10.3 Å². The molecule has 0 saturated carbocycles. The minimum Gasteiger partial charge on any atom is -0.412 e. The first kappa shape index (κ1) is 15.7. The van der Waals surface area contributed by atoms with E-state index in [0.29, 0.717) is 0 Å². The number of primary amides is 1. The maximum atomic E-state index is 8.58. The van der Waals surface area contributed by atoms with Gasteiger partial charge in [-0.3, -0.25) is 4.79 Å². The molecule has 0 aromatic heterocycles. The second-order valence-electron chi connectivity index (χ2n) is 0.384. The third kappa shape index (κ3) is 1970. The van der Waals surface area contributed by atoms with E-state index < -0.39 is 4.30 Å². The normalized spacial score (nSPS) is 6.00. The summed E-state index contributed by atoms with van der Waals surface area (Å²) >= 11 is 14.4. The van der Waals surface area contributed by atoms with Crippen LogP contribution in [0.3, 0.4) is 0 Å². The maximum Gasteiger partial charge on any atom is 0.204 e. The fourth-order valence-electron chi connectivity index (χ4n) is 0. The van der Waals surface area contributed by atoms with Gasteiger partial charge in [0.1, 0.15) is 0 Å². The Morgan fingerprint density at radius 2 is 1.38 bits per heavy atom. The van der Waals surface area contributed by atoms with Crippen LogP contribution in [-0.2, 0) is 4.79 Å². The van der Waals surface area contributed by atoms with Gasteiger partial charge in [0.25, 0.3) is 0 Å². The summed E-state index contributed by atoms with van der Waals surface area (Å²) in [6.07, 6.45) is 0.250. The molecule has 0 saturated heterocycles. The van der Waals surface area contributed by atoms with Crippen LogP contribution in [0.4, 0.5) is 0 Å². The molecule has 0 aliphatic heterocycles. The van der Waals surface area contributed by atoms with Gasteiger partial charge in [0.05, 0.1) is 0 Å². The van der Waals surface area contributed by atoms with Crippen molar-refractivity contribution in [3.8, 4) is 0 Å². The summed E-state index contributed by atoms with van der Waals surface area (Å²) in [6, 6.07) is 0. The lowest BCUT2D eigenvalue weighted by atomic mass is 11.5. The van der Waals surface area contributed by atoms with Gasteiger partial charge in [-0.2, -0.15) is 0 Å². The monoisotopic (exact) mass is 181 g/mol. The summed E-state index contributed by atoms with van der Waals surface area (Å²) in [5.74, 6) is 0. The van der Waals surface area contributed by atoms with E-state index in [9.17, 15) is 0 Å². The standard InChI is InChI=1S/CHCl3.CH3NO.H2O/c2-1(3)4;2-1-3;/h1H;1H,(H2,2,3);1H2. The van der Waals surface area contributed by atoms with Crippen LogP contribution in [0.1, 0.15) is 0 Å². The van der Waals surface area contributed by atoms with Crippen LogP contribution in [0.15, 0.2) is 0 Å². The molecule has 0 spiro atoms. The van der Waals surface area contributed by atoms with Gasteiger partial charge < -0.3 is 11.2 Å². The van der Waals surface area contributed by atoms with Crippen LogP contribution in [0.25, 0.3) is 0 Å². The molecular weight excluding hydrogens is 176 g/mol. The number of halogens is 3. The summed E-state index contributed by atoms with van der Waals surface area (Å²) in [6.45, 7) is 0. The smallest absolute Gasteiger partial charge is 0.204 e. The van der Waals surface area contributed by atoms with Gasteiger partial charge >= 0.3 is 0 Å². The zero-order valence-electron chi connectivity index (χ0n) is 3.77. The lowest BCUT2D eigenvalue weighted by molar-refractivity contribution is -0.106. The van der Waals surface area contributed by atoms with Gasteiger partial charge in [0.15, 0.2) is 4.30 Å². The van der Waals surface area contributed by atoms with Crippen LogP contribution in [0.2, 0.25) is 0 Å². The zero-order chi connectivity index (χ0) is 6.28. The molecule has 0 rings (SSSR count). The second kappa shape index (κ2) is 15.7. The van der Waals surface area contributed by atoms with E-state index in [2.05, 4.69) is 5.73 Å². The average molecular weight is 182 g/mol. The average Bonchev–Trinajstić information content (AvgIpc) is 1.33. The SMILES string of the molecule is ClC(Cl)Cl.NC=O.O. The van der Waals surface area contributed by atoms with Crippen LogP contribution in [0.5, 0.6) is 0 Å². The molecule has 0 heterocycles. The molecule has 0 aliphatic carbocycles. The summed E-state index contributed by atoms with van der Waals surface area (Å²) in [7, 11) is 0. The van der Waals surface area contributed by atoms with Gasteiger partial charge in [-0.15, -0.1) is 0 Å². The van der Waals surface area contributed by atoms with E-state index in [0.717, 1.165) is 0 Å². The number of hydrogen-bond acceptors (Lipinski definition) is 1. The first-order valence-corrected chi connectivity index (χ1v) is 2.53. The predicted molar refractivity (Wildman–Crippen MR) is 35.2 cm³/mol. The molecule has 0 aromatic rings. The van der Waals surface area contributed by atoms with Crippen molar-refractivity contribution in [2.24, 2.45) is 5.73 Å². The highest BCUT2D eigenvalue weighted by Gasteiger charge is 1.78. The largest absolute Gasteiger partial charge is 0.412 e. The Labute approximate surface area is 62.0 Å². The molecule has 0 unspecified atom stereocenters. The van der Waals surface area contributed by atoms with Crippen LogP contribution in [-0.4, -0.2) is 16.2 Å². The highest BCUT2D eigenvalue weighted by atomic mass is 35.6. The number of alkyl halides is 3. The number of carbonyl (C=O) groups excluding carboxylic acids is 1. The molecule has 0 aliphatic rings. The quantitative estimate of drug-likeness (QED) is 0.424. The van der Waals surface area contributed by atoms with Gasteiger partial charge in [-0.25, -0.2) is 0 Å². The molecular formula is C2H6Cl3NO2. The Morgan fingerprint density at radius 3 is 1.38 bits per heavy atom. The zero-order valence-corrected chi connectivity index (χ0v) is 6.04. The highest BCUT2D eigenvalue weighted by molar-refractivity contribution is 6.63. The van der Waals surface area contributed by atoms with Crippen molar-refractivity contribution in [3.05, 3.63) is 0 Å². The van der Waals surface area contributed by atoms with Crippen molar-refractivity contribution in [1.29, 1.82) is 0 Å². The maximum absolute atomic E-state index is 8.58. The van der Waals surface area contributed by atoms with E-state index in [4.69, 9.17) is 39.6 Å². The minimum atomic E-state index is -0.750. The molecule has 4 N–H and O–H groups in total. The first-order valence-electron chi connectivity index (χ1n) is 1.22. The molecule has 0 atom stereocenters. The number of rotatable bonds is 0. The van der Waals surface area contributed by atoms with Gasteiger partial charge in [-0.05, 0) is 0 Å². The Bertz CT molecular complexity index is 39.5. The van der Waals surface area contributed by atoms with Crippen molar-refractivity contribution in [2.45, 2.75) is 4.30 Å². The molecule has 52 valence electrons. The summed E-state index contributed by atoms with van der Waals surface area (Å²) in [4.78, 5) is 8.58. The summed E-state index contributed by atoms with van der Waals surface area (Å²) in [5.41, 5.74) is 4.17. The van der Waals surface area contributed by atoms with E-state index >= 15 is 0 Å². The second-order valence-corrected chi connectivity index (χ2v) is 2.36. The highest BCUT2D eigenvalue weighted by Crippen LogP contribution is 2.03. The first-order chi connectivity index (χ1) is 3.15. The Balaban J connectivity index is -0.0000000575. The molecule has 0 fully saturated rings. The summed E-state index contributed by atoms with van der Waals surface area (Å²) < 4.78 is -0.750. The predicted octanol–water partition coefficient (Wildman–Crippen LogP) is 0.263. The number of nitrogens with two attached hydrogens (primary N) is 1. The van der Waals surface area contributed by atoms with E-state index in [1.807, 2.05) is 0 Å². The number of hydrogen-bond donors (Lipinski definition) is 1. The molecule has 0 aromatic carbocycles. The third-order valence-electron chi connectivity index (χ3n) is 0. The molecule has 0 bridgehead atoms. The van der Waals surface area contributed by atoms with Crippen molar-refractivity contribution in [1.82, 2.24) is 0 Å². The Hall–Kier alpha value is 0.300. The molecule has 0 radical (unpaired) electrons. The lowest BCUT2D eigenvalue weighted by Gasteiger charge is -1.69. The van der Waals surface area contributed by atoms with Crippen molar-refractivity contribution >= 4 is 41.2 Å². The van der Waals surface area contributed by atoms with Gasteiger partial charge in [-0.1, -0.05) is 34.8 Å². The molecule has 1 amide bonds. The van der Waals surface area contributed by atoms with E-state index in [-0.39, 0.29) is 11.9 Å². The number of amides is 1. The molecule has 3 nitrogen and oxygen atoms in total. The third-order valence-corrected chi connectivity index (χ3v) is 0. The fraction of sp³-hybridized carbons (Fsp3) is 0.500. The van der Waals surface area contributed by atoms with E-state index in [1.165, 1.54) is 0 Å². The van der Waals surface area contributed by atoms with Crippen molar-refractivity contribution in [2.75, 3.05) is 0 Å². The van der Waals surface area contributed by atoms with Crippen LogP contribution >= 0.6 is 34.8 Å². The van der Waals surface area contributed by atoms with Crippen LogP contribution < -0.4 is 5.73 Å².